The number of nitrogens with two attached hydrogens (primary N) is 1. The average Bonchev–Trinajstić information content (AvgIpc) is 2.38. The minimum Gasteiger partial charge on any atom is -0.360 e. The fourth-order valence-corrected chi connectivity index (χ4v) is 2.33. The van der Waals surface area contributed by atoms with Gasteiger partial charge >= 0.3 is 0 Å². The largest absolute Gasteiger partial charge is 0.360 e. The molecule has 0 aliphatic carbocycles. The zero-order valence-corrected chi connectivity index (χ0v) is 10.9. The summed E-state index contributed by atoms with van der Waals surface area (Å²) in [5.41, 5.74) is 7.99. The van der Waals surface area contributed by atoms with Crippen molar-refractivity contribution in [2.24, 2.45) is 5.73 Å². The number of hydrogen-bond donors (Lipinski definition) is 2. The van der Waals surface area contributed by atoms with E-state index in [9.17, 15) is 4.79 Å². The highest BCUT2D eigenvalue weighted by Gasteiger charge is 2.23. The maximum atomic E-state index is 11.7. The summed E-state index contributed by atoms with van der Waals surface area (Å²) in [6.07, 6.45) is 1.87. The molecule has 0 aromatic heterocycles. The summed E-state index contributed by atoms with van der Waals surface area (Å²) < 4.78 is 0. The molecule has 1 heterocycles. The van der Waals surface area contributed by atoms with Crippen molar-refractivity contribution < 1.29 is 4.79 Å². The molecule has 0 radical (unpaired) electrons. The fraction of sp³-hybridized carbons (Fsp3) is 0.500. The third kappa shape index (κ3) is 3.01. The Morgan fingerprint density at radius 3 is 2.72 bits per heavy atom. The average molecular weight is 247 g/mol. The summed E-state index contributed by atoms with van der Waals surface area (Å²) in [5.74, 6) is 0.0827. The van der Waals surface area contributed by atoms with Crippen molar-refractivity contribution in [3.63, 3.8) is 0 Å². The predicted molar refractivity (Wildman–Crippen MR) is 73.6 cm³/mol. The van der Waals surface area contributed by atoms with Gasteiger partial charge in [0, 0.05) is 18.3 Å². The molecule has 1 atom stereocenters. The Hall–Kier alpha value is -1.55. The van der Waals surface area contributed by atoms with Crippen LogP contribution < -0.4 is 16.0 Å². The monoisotopic (exact) mass is 247 g/mol. The first-order chi connectivity index (χ1) is 8.72. The second kappa shape index (κ2) is 5.87. The molecule has 0 bridgehead atoms. The molecule has 1 unspecified atom stereocenters. The van der Waals surface area contributed by atoms with Crippen LogP contribution in [0.2, 0.25) is 0 Å². The lowest BCUT2D eigenvalue weighted by Crippen LogP contribution is -2.54. The van der Waals surface area contributed by atoms with Crippen molar-refractivity contribution in [3.8, 4) is 0 Å². The molecule has 18 heavy (non-hydrogen) atoms. The van der Waals surface area contributed by atoms with E-state index in [-0.39, 0.29) is 11.9 Å². The Labute approximate surface area is 108 Å². The van der Waals surface area contributed by atoms with Gasteiger partial charge in [-0.2, -0.15) is 0 Å². The van der Waals surface area contributed by atoms with Crippen LogP contribution in [0.25, 0.3) is 0 Å². The van der Waals surface area contributed by atoms with Gasteiger partial charge in [-0.15, -0.1) is 0 Å². The Bertz CT molecular complexity index is 402. The maximum absolute atomic E-state index is 11.7. The van der Waals surface area contributed by atoms with Gasteiger partial charge in [0.15, 0.2) is 0 Å². The minimum atomic E-state index is 0.0827. The van der Waals surface area contributed by atoms with E-state index < -0.39 is 0 Å². The molecule has 1 fully saturated rings. The Morgan fingerprint density at radius 2 is 2.11 bits per heavy atom. The van der Waals surface area contributed by atoms with E-state index in [1.165, 1.54) is 5.56 Å². The third-order valence-corrected chi connectivity index (χ3v) is 3.37. The van der Waals surface area contributed by atoms with Gasteiger partial charge in [-0.1, -0.05) is 19.1 Å². The number of piperazine rings is 1. The predicted octanol–water partition coefficient (Wildman–Crippen LogP) is 0.903. The van der Waals surface area contributed by atoms with Gasteiger partial charge in [-0.25, -0.2) is 0 Å². The van der Waals surface area contributed by atoms with Crippen molar-refractivity contribution in [1.82, 2.24) is 5.32 Å². The number of hydrogen-bond acceptors (Lipinski definition) is 3. The van der Waals surface area contributed by atoms with Gasteiger partial charge in [-0.05, 0) is 37.1 Å². The van der Waals surface area contributed by atoms with Crippen molar-refractivity contribution in [1.29, 1.82) is 0 Å². The molecular formula is C14H21N3O. The van der Waals surface area contributed by atoms with Gasteiger partial charge in [-0.3, -0.25) is 4.79 Å². The van der Waals surface area contributed by atoms with E-state index in [2.05, 4.69) is 41.4 Å². The summed E-state index contributed by atoms with van der Waals surface area (Å²) >= 11 is 0. The molecule has 1 aromatic rings. The molecule has 1 aromatic carbocycles. The zero-order chi connectivity index (χ0) is 13.0. The van der Waals surface area contributed by atoms with Crippen LogP contribution in [0.15, 0.2) is 24.3 Å². The van der Waals surface area contributed by atoms with Crippen molar-refractivity contribution in [3.05, 3.63) is 29.8 Å². The first-order valence-electron chi connectivity index (χ1n) is 6.56. The summed E-state index contributed by atoms with van der Waals surface area (Å²) in [6.45, 7) is 4.02. The zero-order valence-electron chi connectivity index (χ0n) is 10.9. The minimum absolute atomic E-state index is 0.0827. The van der Waals surface area contributed by atoms with Crippen molar-refractivity contribution in [2.75, 3.05) is 24.5 Å². The van der Waals surface area contributed by atoms with E-state index >= 15 is 0 Å². The van der Waals surface area contributed by atoms with E-state index in [1.54, 1.807) is 0 Å². The first kappa shape index (κ1) is 12.9. The number of carbonyl (C=O) groups is 1. The molecule has 0 saturated carbocycles. The summed E-state index contributed by atoms with van der Waals surface area (Å²) in [7, 11) is 0. The van der Waals surface area contributed by atoms with Crippen LogP contribution in [-0.2, 0) is 11.2 Å². The van der Waals surface area contributed by atoms with Gasteiger partial charge in [0.05, 0.1) is 6.54 Å². The molecule has 98 valence electrons. The smallest absolute Gasteiger partial charge is 0.239 e. The third-order valence-electron chi connectivity index (χ3n) is 3.37. The number of anilines is 1. The molecule has 1 amide bonds. The van der Waals surface area contributed by atoms with Crippen molar-refractivity contribution in [2.45, 2.75) is 25.8 Å². The number of rotatable bonds is 4. The molecule has 1 saturated heterocycles. The summed E-state index contributed by atoms with van der Waals surface area (Å²) in [6, 6.07) is 8.61. The van der Waals surface area contributed by atoms with E-state index in [0.29, 0.717) is 13.1 Å². The second-order valence-electron chi connectivity index (χ2n) is 4.74. The fourth-order valence-electron chi connectivity index (χ4n) is 2.33. The van der Waals surface area contributed by atoms with Crippen LogP contribution in [0.4, 0.5) is 5.69 Å². The van der Waals surface area contributed by atoms with Gasteiger partial charge in [0.1, 0.15) is 0 Å². The van der Waals surface area contributed by atoms with Gasteiger partial charge in [0.25, 0.3) is 0 Å². The lowest BCUT2D eigenvalue weighted by molar-refractivity contribution is -0.121. The van der Waals surface area contributed by atoms with Crippen LogP contribution in [0, 0.1) is 0 Å². The van der Waals surface area contributed by atoms with E-state index in [4.69, 9.17) is 5.73 Å². The Kier molecular flexibility index (Phi) is 4.20. The first-order valence-corrected chi connectivity index (χ1v) is 6.56. The standard InChI is InChI=1S/C14H21N3O/c1-2-11-3-5-13(6-4-11)17-9-12(7-8-15)16-14(18)10-17/h3-6,12H,2,7-10,15H2,1H3,(H,16,18). The van der Waals surface area contributed by atoms with Gasteiger partial charge < -0.3 is 16.0 Å². The number of benzene rings is 1. The van der Waals surface area contributed by atoms with E-state index in [0.717, 1.165) is 25.1 Å². The lowest BCUT2D eigenvalue weighted by atomic mass is 10.1. The number of aryl methyl sites for hydroxylation is 1. The Balaban J connectivity index is 2.08. The lowest BCUT2D eigenvalue weighted by Gasteiger charge is -2.34. The molecule has 2 rings (SSSR count). The van der Waals surface area contributed by atoms with Crippen LogP contribution >= 0.6 is 0 Å². The SMILES string of the molecule is CCc1ccc(N2CC(=O)NC(CCN)C2)cc1. The molecule has 0 spiro atoms. The molecule has 1 aliphatic rings. The highest BCUT2D eigenvalue weighted by molar-refractivity contribution is 5.83. The number of carbonyl (C=O) groups excluding carboxylic acids is 1. The highest BCUT2D eigenvalue weighted by Crippen LogP contribution is 2.18. The van der Waals surface area contributed by atoms with E-state index in [1.807, 2.05) is 0 Å². The molecule has 4 nitrogen and oxygen atoms in total. The summed E-state index contributed by atoms with van der Waals surface area (Å²) in [5, 5.41) is 2.98. The van der Waals surface area contributed by atoms with Crippen LogP contribution in [0.1, 0.15) is 18.9 Å². The molecular weight excluding hydrogens is 226 g/mol. The number of nitrogens with zero attached hydrogens (tertiary/aromatic N) is 1. The van der Waals surface area contributed by atoms with Gasteiger partial charge in [0.2, 0.25) is 5.91 Å². The maximum Gasteiger partial charge on any atom is 0.239 e. The highest BCUT2D eigenvalue weighted by atomic mass is 16.2. The quantitative estimate of drug-likeness (QED) is 0.831. The molecule has 1 aliphatic heterocycles. The van der Waals surface area contributed by atoms with Crippen molar-refractivity contribution >= 4 is 11.6 Å². The van der Waals surface area contributed by atoms with Crippen LogP contribution in [-0.4, -0.2) is 31.6 Å². The second-order valence-corrected chi connectivity index (χ2v) is 4.74. The topological polar surface area (TPSA) is 58.4 Å². The Morgan fingerprint density at radius 1 is 1.39 bits per heavy atom. The molecule has 4 heteroatoms. The van der Waals surface area contributed by atoms with Crippen LogP contribution in [0.3, 0.4) is 0 Å². The number of nitrogens with one attached hydrogen (secondary N) is 1. The normalized spacial score (nSPS) is 19.8. The number of amides is 1. The summed E-state index contributed by atoms with van der Waals surface area (Å²) in [4.78, 5) is 13.8. The van der Waals surface area contributed by atoms with Crippen LogP contribution in [0.5, 0.6) is 0 Å². The molecule has 3 N–H and O–H groups in total.